The molecule has 126 valence electrons. The van der Waals surface area contributed by atoms with Gasteiger partial charge in [-0.05, 0) is 50.3 Å². The fourth-order valence-electron chi connectivity index (χ4n) is 3.00. The van der Waals surface area contributed by atoms with Gasteiger partial charge in [-0.25, -0.2) is 9.59 Å². The summed E-state index contributed by atoms with van der Waals surface area (Å²) in [6, 6.07) is 5.31. The van der Waals surface area contributed by atoms with Crippen LogP contribution in [0.15, 0.2) is 18.2 Å². The molecule has 5 heteroatoms. The van der Waals surface area contributed by atoms with Gasteiger partial charge < -0.3 is 15.0 Å². The van der Waals surface area contributed by atoms with E-state index in [2.05, 4.69) is 19.2 Å². The van der Waals surface area contributed by atoms with Crippen LogP contribution in [-0.2, 0) is 4.74 Å². The smallest absolute Gasteiger partial charge is 0.337 e. The van der Waals surface area contributed by atoms with Crippen molar-refractivity contribution >= 4 is 17.7 Å². The van der Waals surface area contributed by atoms with Crippen molar-refractivity contribution in [3.63, 3.8) is 0 Å². The molecule has 23 heavy (non-hydrogen) atoms. The molecule has 0 radical (unpaired) electrons. The van der Waals surface area contributed by atoms with Crippen molar-refractivity contribution in [2.24, 2.45) is 5.92 Å². The molecule has 1 aromatic carbocycles. The molecule has 1 heterocycles. The number of hydrogen-bond donors (Lipinski definition) is 1. The van der Waals surface area contributed by atoms with Crippen LogP contribution in [0, 0.1) is 12.8 Å². The third-order valence-electron chi connectivity index (χ3n) is 4.52. The van der Waals surface area contributed by atoms with Crippen molar-refractivity contribution in [2.45, 2.75) is 46.1 Å². The van der Waals surface area contributed by atoms with Gasteiger partial charge >= 0.3 is 12.0 Å². The highest BCUT2D eigenvalue weighted by Gasteiger charge is 2.25. The van der Waals surface area contributed by atoms with E-state index in [0.29, 0.717) is 17.2 Å². The molecule has 0 saturated carbocycles. The zero-order valence-corrected chi connectivity index (χ0v) is 14.4. The van der Waals surface area contributed by atoms with E-state index in [1.807, 2.05) is 17.9 Å². The van der Waals surface area contributed by atoms with Gasteiger partial charge in [0.05, 0.1) is 12.7 Å². The van der Waals surface area contributed by atoms with Crippen LogP contribution in [0.1, 0.15) is 49.0 Å². The summed E-state index contributed by atoms with van der Waals surface area (Å²) in [4.78, 5) is 26.2. The van der Waals surface area contributed by atoms with E-state index < -0.39 is 5.97 Å². The molecule has 0 bridgehead atoms. The zero-order valence-electron chi connectivity index (χ0n) is 14.4. The zero-order chi connectivity index (χ0) is 17.0. The monoisotopic (exact) mass is 318 g/mol. The highest BCUT2D eigenvalue weighted by molar-refractivity contribution is 5.94. The van der Waals surface area contributed by atoms with E-state index in [0.717, 1.165) is 31.4 Å². The Bertz CT molecular complexity index is 586. The van der Waals surface area contributed by atoms with Crippen molar-refractivity contribution in [1.29, 1.82) is 0 Å². The van der Waals surface area contributed by atoms with Gasteiger partial charge in [-0.3, -0.25) is 0 Å². The second-order valence-electron chi connectivity index (χ2n) is 6.49. The summed E-state index contributed by atoms with van der Waals surface area (Å²) in [5, 5.41) is 2.96. The van der Waals surface area contributed by atoms with Gasteiger partial charge in [0.2, 0.25) is 0 Å². The van der Waals surface area contributed by atoms with Crippen LogP contribution in [0.4, 0.5) is 10.5 Å². The maximum absolute atomic E-state index is 12.7. The largest absolute Gasteiger partial charge is 0.465 e. The molecule has 2 rings (SSSR count). The molecule has 0 aliphatic carbocycles. The van der Waals surface area contributed by atoms with Gasteiger partial charge in [0, 0.05) is 18.3 Å². The summed E-state index contributed by atoms with van der Waals surface area (Å²) in [6.45, 7) is 6.95. The van der Waals surface area contributed by atoms with Crippen LogP contribution in [0.25, 0.3) is 0 Å². The Labute approximate surface area is 138 Å². The number of likely N-dealkylation sites (tertiary alicyclic amines) is 1. The number of nitrogens with zero attached hydrogens (tertiary/aromatic N) is 1. The number of methoxy groups -OCH3 is 1. The van der Waals surface area contributed by atoms with E-state index >= 15 is 0 Å². The Morgan fingerprint density at radius 2 is 2.00 bits per heavy atom. The minimum Gasteiger partial charge on any atom is -0.465 e. The Kier molecular flexibility index (Phi) is 5.64. The highest BCUT2D eigenvalue weighted by atomic mass is 16.5. The summed E-state index contributed by atoms with van der Waals surface area (Å²) in [6.07, 6.45) is 3.34. The first-order valence-corrected chi connectivity index (χ1v) is 8.19. The fraction of sp³-hybridized carbons (Fsp3) is 0.556. The lowest BCUT2D eigenvalue weighted by Gasteiger charge is -2.29. The van der Waals surface area contributed by atoms with Crippen molar-refractivity contribution in [3.05, 3.63) is 29.3 Å². The van der Waals surface area contributed by atoms with Crippen molar-refractivity contribution in [2.75, 3.05) is 19.0 Å². The Morgan fingerprint density at radius 1 is 1.26 bits per heavy atom. The minimum absolute atomic E-state index is 0.101. The third-order valence-corrected chi connectivity index (χ3v) is 4.52. The normalized spacial score (nSPS) is 21.5. The van der Waals surface area contributed by atoms with E-state index in [4.69, 9.17) is 4.74 Å². The summed E-state index contributed by atoms with van der Waals surface area (Å²) >= 11 is 0. The maximum Gasteiger partial charge on any atom is 0.337 e. The molecule has 5 nitrogen and oxygen atoms in total. The first kappa shape index (κ1) is 17.3. The van der Waals surface area contributed by atoms with Crippen LogP contribution >= 0.6 is 0 Å². The number of benzene rings is 1. The summed E-state index contributed by atoms with van der Waals surface area (Å²) in [5.74, 6) is 0.102. The highest BCUT2D eigenvalue weighted by Crippen LogP contribution is 2.23. The van der Waals surface area contributed by atoms with Gasteiger partial charge in [0.1, 0.15) is 0 Å². The number of carbonyl (C=O) groups is 2. The average Bonchev–Trinajstić information content (AvgIpc) is 2.69. The predicted molar refractivity (Wildman–Crippen MR) is 90.7 cm³/mol. The van der Waals surface area contributed by atoms with Crippen LogP contribution < -0.4 is 5.32 Å². The van der Waals surface area contributed by atoms with Crippen LogP contribution in [0.3, 0.4) is 0 Å². The third kappa shape index (κ3) is 4.24. The SMILES string of the molecule is COC(=O)c1ccc(C)c(NC(=O)N2CC(C)CCCC2C)c1. The van der Waals surface area contributed by atoms with Gasteiger partial charge in [0.25, 0.3) is 0 Å². The van der Waals surface area contributed by atoms with Gasteiger partial charge in [-0.2, -0.15) is 0 Å². The molecule has 0 aromatic heterocycles. The molecule has 2 unspecified atom stereocenters. The molecule has 1 aliphatic heterocycles. The molecule has 1 saturated heterocycles. The number of ether oxygens (including phenoxy) is 1. The van der Waals surface area contributed by atoms with E-state index in [-0.39, 0.29) is 12.1 Å². The average molecular weight is 318 g/mol. The summed E-state index contributed by atoms with van der Waals surface area (Å²) < 4.78 is 4.74. The van der Waals surface area contributed by atoms with E-state index in [1.165, 1.54) is 7.11 Å². The predicted octanol–water partition coefficient (Wildman–Crippen LogP) is 3.82. The lowest BCUT2D eigenvalue weighted by Crippen LogP contribution is -2.42. The second kappa shape index (κ2) is 7.49. The van der Waals surface area contributed by atoms with Crippen LogP contribution in [0.5, 0.6) is 0 Å². The molecule has 2 amide bonds. The lowest BCUT2D eigenvalue weighted by molar-refractivity contribution is 0.0600. The standard InChI is InChI=1S/C18H26N2O3/c1-12-6-5-7-14(3)20(11-12)18(22)19-16-10-15(17(21)23-4)9-8-13(16)2/h8-10,12,14H,5-7,11H2,1-4H3,(H,19,22). The molecule has 2 atom stereocenters. The van der Waals surface area contributed by atoms with Crippen molar-refractivity contribution < 1.29 is 14.3 Å². The number of carbonyl (C=O) groups excluding carboxylic acids is 2. The lowest BCUT2D eigenvalue weighted by atomic mass is 10.1. The molecule has 1 aliphatic rings. The molecule has 1 fully saturated rings. The Balaban J connectivity index is 2.17. The maximum atomic E-state index is 12.7. The quantitative estimate of drug-likeness (QED) is 0.843. The topological polar surface area (TPSA) is 58.6 Å². The van der Waals surface area contributed by atoms with Gasteiger partial charge in [0.15, 0.2) is 0 Å². The van der Waals surface area contributed by atoms with Gasteiger partial charge in [-0.1, -0.05) is 19.4 Å². The molecular weight excluding hydrogens is 292 g/mol. The summed E-state index contributed by atoms with van der Waals surface area (Å²) in [7, 11) is 1.35. The van der Waals surface area contributed by atoms with E-state index in [9.17, 15) is 9.59 Å². The van der Waals surface area contributed by atoms with Crippen LogP contribution in [-0.4, -0.2) is 36.6 Å². The number of rotatable bonds is 2. The first-order valence-electron chi connectivity index (χ1n) is 8.19. The number of urea groups is 1. The fourth-order valence-corrected chi connectivity index (χ4v) is 3.00. The molecule has 1 aromatic rings. The first-order chi connectivity index (χ1) is 10.9. The van der Waals surface area contributed by atoms with Crippen molar-refractivity contribution in [3.8, 4) is 0 Å². The number of amides is 2. The number of aryl methyl sites for hydroxylation is 1. The number of esters is 1. The number of hydrogen-bond acceptors (Lipinski definition) is 3. The van der Waals surface area contributed by atoms with E-state index in [1.54, 1.807) is 12.1 Å². The molecular formula is C18H26N2O3. The summed E-state index contributed by atoms with van der Waals surface area (Å²) in [5.41, 5.74) is 2.01. The van der Waals surface area contributed by atoms with Gasteiger partial charge in [-0.15, -0.1) is 0 Å². The Morgan fingerprint density at radius 3 is 2.70 bits per heavy atom. The van der Waals surface area contributed by atoms with Crippen LogP contribution in [0.2, 0.25) is 0 Å². The Hall–Kier alpha value is -2.04. The minimum atomic E-state index is -0.405. The molecule has 0 spiro atoms. The number of nitrogens with one attached hydrogen (secondary N) is 1. The molecule has 1 N–H and O–H groups in total. The van der Waals surface area contributed by atoms with Crippen molar-refractivity contribution in [1.82, 2.24) is 4.90 Å². The number of anilines is 1. The second-order valence-corrected chi connectivity index (χ2v) is 6.49.